The Morgan fingerprint density at radius 3 is 2.14 bits per heavy atom. The first kappa shape index (κ1) is 10.4. The van der Waals surface area contributed by atoms with Crippen LogP contribution in [0.3, 0.4) is 0 Å². The largest absolute Gasteiger partial charge is 0.143 e. The summed E-state index contributed by atoms with van der Waals surface area (Å²) in [6.07, 6.45) is 0. The van der Waals surface area contributed by atoms with E-state index >= 15 is 0 Å². The number of aromatic nitrogens is 2. The van der Waals surface area contributed by atoms with E-state index in [1.54, 1.807) is 11.3 Å². The normalized spacial score (nSPS) is 23.8. The van der Waals surface area contributed by atoms with Crippen molar-refractivity contribution in [2.45, 2.75) is 39.5 Å². The first-order valence-corrected chi connectivity index (χ1v) is 6.14. The van der Waals surface area contributed by atoms with Crippen molar-refractivity contribution in [2.75, 3.05) is 0 Å². The van der Waals surface area contributed by atoms with Crippen LogP contribution in [-0.4, -0.2) is 10.2 Å². The maximum Gasteiger partial charge on any atom is 0.132 e. The lowest BCUT2D eigenvalue weighted by Crippen LogP contribution is -1.95. The Kier molecular flexibility index (Phi) is 2.16. The first-order chi connectivity index (χ1) is 6.41. The van der Waals surface area contributed by atoms with E-state index in [4.69, 9.17) is 11.6 Å². The van der Waals surface area contributed by atoms with Gasteiger partial charge in [-0.3, -0.25) is 0 Å². The Morgan fingerprint density at radius 2 is 1.79 bits per heavy atom. The van der Waals surface area contributed by atoms with E-state index in [-0.39, 0.29) is 0 Å². The van der Waals surface area contributed by atoms with Gasteiger partial charge in [0.25, 0.3) is 0 Å². The molecule has 0 atom stereocenters. The third kappa shape index (κ3) is 1.22. The number of rotatable bonds is 2. The van der Waals surface area contributed by atoms with Crippen molar-refractivity contribution in [3.05, 3.63) is 10.0 Å². The maximum absolute atomic E-state index is 5.72. The Labute approximate surface area is 93.7 Å². The summed E-state index contributed by atoms with van der Waals surface area (Å²) in [5, 5.41) is 10.4. The van der Waals surface area contributed by atoms with Crippen molar-refractivity contribution in [1.82, 2.24) is 10.2 Å². The second-order valence-corrected chi connectivity index (χ2v) is 6.40. The Balaban J connectivity index is 2.27. The molecule has 1 heterocycles. The molecule has 0 unspecified atom stereocenters. The highest BCUT2D eigenvalue weighted by Crippen LogP contribution is 2.73. The molecule has 1 aliphatic rings. The number of alkyl halides is 1. The van der Waals surface area contributed by atoms with Crippen LogP contribution in [0.25, 0.3) is 0 Å². The zero-order valence-electron chi connectivity index (χ0n) is 8.97. The summed E-state index contributed by atoms with van der Waals surface area (Å²) in [4.78, 5) is 0. The molecule has 2 rings (SSSR count). The third-order valence-corrected chi connectivity index (χ3v) is 5.26. The molecule has 1 saturated carbocycles. The Bertz CT molecular complexity index is 343. The highest BCUT2D eigenvalue weighted by atomic mass is 35.5. The van der Waals surface area contributed by atoms with Crippen LogP contribution in [0.15, 0.2) is 0 Å². The third-order valence-electron chi connectivity index (χ3n) is 3.86. The zero-order chi connectivity index (χ0) is 10.6. The lowest BCUT2D eigenvalue weighted by Gasteiger charge is -2.03. The van der Waals surface area contributed by atoms with Gasteiger partial charge in [0, 0.05) is 5.92 Å². The predicted octanol–water partition coefficient (Wildman–Crippen LogP) is 3.43. The van der Waals surface area contributed by atoms with Crippen LogP contribution < -0.4 is 0 Å². The molecule has 14 heavy (non-hydrogen) atoms. The molecule has 1 fully saturated rings. The van der Waals surface area contributed by atoms with Gasteiger partial charge in [0.15, 0.2) is 0 Å². The number of hydrogen-bond donors (Lipinski definition) is 0. The minimum absolute atomic E-state index is 0.343. The standard InChI is InChI=1S/C10H15ClN2S/c1-9(2)7(10(9,3)4)8-13-12-6(5-11)14-8/h7H,5H2,1-4H3. The van der Waals surface area contributed by atoms with E-state index in [0.717, 1.165) is 10.0 Å². The molecule has 78 valence electrons. The van der Waals surface area contributed by atoms with E-state index in [0.29, 0.717) is 22.6 Å². The number of halogens is 1. The molecule has 1 aromatic heterocycles. The number of hydrogen-bond acceptors (Lipinski definition) is 3. The van der Waals surface area contributed by atoms with Crippen LogP contribution in [0.4, 0.5) is 0 Å². The molecule has 0 bridgehead atoms. The van der Waals surface area contributed by atoms with Crippen LogP contribution in [0.5, 0.6) is 0 Å². The maximum atomic E-state index is 5.72. The minimum atomic E-state index is 0.343. The SMILES string of the molecule is CC1(C)C(c2nnc(CCl)s2)C1(C)C. The highest BCUT2D eigenvalue weighted by molar-refractivity contribution is 7.11. The fourth-order valence-electron chi connectivity index (χ4n) is 2.25. The molecule has 0 aromatic carbocycles. The van der Waals surface area contributed by atoms with Gasteiger partial charge in [-0.05, 0) is 10.8 Å². The van der Waals surface area contributed by atoms with Gasteiger partial charge in [0.1, 0.15) is 10.0 Å². The second-order valence-electron chi connectivity index (χ2n) is 5.04. The van der Waals surface area contributed by atoms with Crippen molar-refractivity contribution in [3.8, 4) is 0 Å². The lowest BCUT2D eigenvalue weighted by molar-refractivity contribution is 0.457. The smallest absolute Gasteiger partial charge is 0.132 e. The van der Waals surface area contributed by atoms with Crippen molar-refractivity contribution in [3.63, 3.8) is 0 Å². The first-order valence-electron chi connectivity index (χ1n) is 4.79. The van der Waals surface area contributed by atoms with Gasteiger partial charge in [0.05, 0.1) is 5.88 Å². The summed E-state index contributed by atoms with van der Waals surface area (Å²) in [6, 6.07) is 0. The zero-order valence-corrected chi connectivity index (χ0v) is 10.5. The Hall–Kier alpha value is -0.150. The minimum Gasteiger partial charge on any atom is -0.143 e. The molecule has 0 amide bonds. The summed E-state index contributed by atoms with van der Waals surface area (Å²) in [7, 11) is 0. The summed E-state index contributed by atoms with van der Waals surface area (Å²) in [5.41, 5.74) is 0.687. The van der Waals surface area contributed by atoms with Crippen LogP contribution >= 0.6 is 22.9 Å². The molecule has 0 N–H and O–H groups in total. The van der Waals surface area contributed by atoms with Crippen molar-refractivity contribution < 1.29 is 0 Å². The fourth-order valence-corrected chi connectivity index (χ4v) is 3.63. The molecule has 4 heteroatoms. The molecule has 1 aromatic rings. The average Bonchev–Trinajstić information content (AvgIpc) is 2.51. The van der Waals surface area contributed by atoms with Crippen molar-refractivity contribution in [2.24, 2.45) is 10.8 Å². The van der Waals surface area contributed by atoms with Crippen molar-refractivity contribution in [1.29, 1.82) is 0 Å². The average molecular weight is 231 g/mol. The molecule has 0 radical (unpaired) electrons. The van der Waals surface area contributed by atoms with Crippen molar-refractivity contribution >= 4 is 22.9 Å². The molecule has 0 aliphatic heterocycles. The van der Waals surface area contributed by atoms with Crippen LogP contribution in [0.2, 0.25) is 0 Å². The predicted molar refractivity (Wildman–Crippen MR) is 59.8 cm³/mol. The topological polar surface area (TPSA) is 25.8 Å². The van der Waals surface area contributed by atoms with Crippen LogP contribution in [-0.2, 0) is 5.88 Å². The van der Waals surface area contributed by atoms with Crippen LogP contribution in [0, 0.1) is 10.8 Å². The summed E-state index contributed by atoms with van der Waals surface area (Å²) in [6.45, 7) is 9.16. The van der Waals surface area contributed by atoms with E-state index in [9.17, 15) is 0 Å². The van der Waals surface area contributed by atoms with Gasteiger partial charge in [0.2, 0.25) is 0 Å². The lowest BCUT2D eigenvalue weighted by atomic mass is 10.0. The molecular weight excluding hydrogens is 216 g/mol. The van der Waals surface area contributed by atoms with Crippen LogP contribution in [0.1, 0.15) is 43.6 Å². The summed E-state index contributed by atoms with van der Waals surface area (Å²) in [5.74, 6) is 1.02. The van der Waals surface area contributed by atoms with Gasteiger partial charge >= 0.3 is 0 Å². The molecule has 2 nitrogen and oxygen atoms in total. The number of nitrogens with zero attached hydrogens (tertiary/aromatic N) is 2. The highest BCUT2D eigenvalue weighted by Gasteiger charge is 2.66. The monoisotopic (exact) mass is 230 g/mol. The molecule has 0 saturated heterocycles. The van der Waals surface area contributed by atoms with E-state index in [1.807, 2.05) is 0 Å². The Morgan fingerprint density at radius 1 is 1.21 bits per heavy atom. The van der Waals surface area contributed by atoms with Gasteiger partial charge in [-0.1, -0.05) is 39.0 Å². The fraction of sp³-hybridized carbons (Fsp3) is 0.800. The van der Waals surface area contributed by atoms with Gasteiger partial charge in [-0.25, -0.2) is 0 Å². The molecule has 1 aliphatic carbocycles. The van der Waals surface area contributed by atoms with E-state index < -0.39 is 0 Å². The quantitative estimate of drug-likeness (QED) is 0.728. The van der Waals surface area contributed by atoms with E-state index in [1.165, 1.54) is 0 Å². The molecular formula is C10H15ClN2S. The molecule has 0 spiro atoms. The summed E-state index contributed by atoms with van der Waals surface area (Å²) < 4.78 is 0. The van der Waals surface area contributed by atoms with Gasteiger partial charge in [-0.15, -0.1) is 21.8 Å². The van der Waals surface area contributed by atoms with Gasteiger partial charge < -0.3 is 0 Å². The summed E-state index contributed by atoms with van der Waals surface area (Å²) >= 11 is 7.37. The van der Waals surface area contributed by atoms with E-state index in [2.05, 4.69) is 37.9 Å². The van der Waals surface area contributed by atoms with Gasteiger partial charge in [-0.2, -0.15) is 0 Å². The second kappa shape index (κ2) is 2.92.